The molecule has 2 atom stereocenters. The molecule has 0 spiro atoms. The van der Waals surface area contributed by atoms with Crippen LogP contribution >= 0.6 is 11.8 Å². The van der Waals surface area contributed by atoms with Crippen molar-refractivity contribution < 1.29 is 4.79 Å². The number of fused-ring (bicyclic) bond motifs is 1. The summed E-state index contributed by atoms with van der Waals surface area (Å²) in [6, 6.07) is 0.637. The Morgan fingerprint density at radius 3 is 3.06 bits per heavy atom. The van der Waals surface area contributed by atoms with Crippen LogP contribution < -0.4 is 0 Å². The number of hydrogen-bond donors (Lipinski definition) is 0. The predicted octanol–water partition coefficient (Wildman–Crippen LogP) is 2.74. The first-order valence-corrected chi connectivity index (χ1v) is 8.08. The summed E-state index contributed by atoms with van der Waals surface area (Å²) in [6.45, 7) is 4.56. The van der Waals surface area contributed by atoms with Gasteiger partial charge in [0, 0.05) is 31.2 Å². The van der Waals surface area contributed by atoms with Crippen LogP contribution in [0, 0.1) is 5.92 Å². The van der Waals surface area contributed by atoms with E-state index in [1.165, 1.54) is 18.5 Å². The van der Waals surface area contributed by atoms with Crippen LogP contribution in [0.25, 0.3) is 0 Å². The van der Waals surface area contributed by atoms with Crippen LogP contribution in [0.2, 0.25) is 0 Å². The van der Waals surface area contributed by atoms with E-state index in [1.54, 1.807) is 0 Å². The molecular weight excluding hydrogens is 230 g/mol. The molecule has 2 nitrogen and oxygen atoms in total. The van der Waals surface area contributed by atoms with E-state index in [2.05, 4.69) is 24.2 Å². The van der Waals surface area contributed by atoms with E-state index in [1.807, 2.05) is 11.8 Å². The second kappa shape index (κ2) is 6.05. The fourth-order valence-corrected chi connectivity index (χ4v) is 3.75. The summed E-state index contributed by atoms with van der Waals surface area (Å²) in [4.78, 5) is 14.2. The number of carbonyl (C=O) groups excluding carboxylic acids is 1. The van der Waals surface area contributed by atoms with Crippen LogP contribution in [0.5, 0.6) is 0 Å². The Labute approximate surface area is 109 Å². The zero-order chi connectivity index (χ0) is 12.3. The molecule has 0 radical (unpaired) electrons. The molecule has 0 aromatic rings. The normalized spacial score (nSPS) is 30.0. The number of thioether (sulfide) groups is 1. The fourth-order valence-electron chi connectivity index (χ4n) is 3.19. The Kier molecular flexibility index (Phi) is 4.69. The van der Waals surface area contributed by atoms with E-state index in [-0.39, 0.29) is 0 Å². The smallest absolute Gasteiger partial charge is 0.133 e. The lowest BCUT2D eigenvalue weighted by molar-refractivity contribution is -0.122. The van der Waals surface area contributed by atoms with Crippen molar-refractivity contribution in [2.75, 3.05) is 25.1 Å². The van der Waals surface area contributed by atoms with Gasteiger partial charge >= 0.3 is 0 Å². The zero-order valence-corrected chi connectivity index (χ0v) is 11.8. The SMILES string of the molecule is CCCN1CC(CSC)=C[C@@H]2CC(=O)CC[C@H]21. The molecule has 1 heterocycles. The number of rotatable bonds is 4. The van der Waals surface area contributed by atoms with Crippen LogP contribution in [0.15, 0.2) is 11.6 Å². The summed E-state index contributed by atoms with van der Waals surface area (Å²) < 4.78 is 0. The highest BCUT2D eigenvalue weighted by Crippen LogP contribution is 2.33. The molecule has 17 heavy (non-hydrogen) atoms. The molecule has 3 heteroatoms. The van der Waals surface area contributed by atoms with Gasteiger partial charge in [0.25, 0.3) is 0 Å². The summed E-state index contributed by atoms with van der Waals surface area (Å²) in [7, 11) is 0. The molecule has 0 amide bonds. The van der Waals surface area contributed by atoms with Gasteiger partial charge in [0.2, 0.25) is 0 Å². The standard InChI is InChI=1S/C14H23NOS/c1-3-6-15-9-11(10-17-2)7-12-8-13(16)4-5-14(12)15/h7,12,14H,3-6,8-10H2,1-2H3/t12-,14-/m1/s1. The van der Waals surface area contributed by atoms with E-state index < -0.39 is 0 Å². The maximum Gasteiger partial charge on any atom is 0.133 e. The average molecular weight is 253 g/mol. The van der Waals surface area contributed by atoms with Gasteiger partial charge in [0.05, 0.1) is 0 Å². The Morgan fingerprint density at radius 1 is 1.53 bits per heavy atom. The van der Waals surface area contributed by atoms with Crippen molar-refractivity contribution in [1.29, 1.82) is 0 Å². The van der Waals surface area contributed by atoms with Crippen molar-refractivity contribution in [2.24, 2.45) is 5.92 Å². The molecule has 0 saturated heterocycles. The van der Waals surface area contributed by atoms with Crippen molar-refractivity contribution in [3.63, 3.8) is 0 Å². The van der Waals surface area contributed by atoms with Crippen molar-refractivity contribution in [2.45, 2.75) is 38.6 Å². The number of nitrogens with zero attached hydrogens (tertiary/aromatic N) is 1. The van der Waals surface area contributed by atoms with Gasteiger partial charge in [-0.25, -0.2) is 0 Å². The number of ketones is 1. The first-order valence-electron chi connectivity index (χ1n) is 6.68. The molecule has 1 fully saturated rings. The molecule has 1 aliphatic carbocycles. The topological polar surface area (TPSA) is 20.3 Å². The van der Waals surface area contributed by atoms with E-state index in [0.29, 0.717) is 17.7 Å². The van der Waals surface area contributed by atoms with E-state index in [0.717, 1.165) is 31.6 Å². The van der Waals surface area contributed by atoms with Crippen LogP contribution in [-0.2, 0) is 4.79 Å². The lowest BCUT2D eigenvalue weighted by Gasteiger charge is -2.42. The molecular formula is C14H23NOS. The van der Waals surface area contributed by atoms with Crippen molar-refractivity contribution in [3.05, 3.63) is 11.6 Å². The minimum atomic E-state index is 0.462. The second-order valence-corrected chi connectivity index (χ2v) is 6.11. The summed E-state index contributed by atoms with van der Waals surface area (Å²) in [5, 5.41) is 0. The third-order valence-corrected chi connectivity index (χ3v) is 4.50. The summed E-state index contributed by atoms with van der Waals surface area (Å²) in [5.41, 5.74) is 1.53. The Bertz CT molecular complexity index is 313. The quantitative estimate of drug-likeness (QED) is 0.719. The first kappa shape index (κ1) is 13.2. The second-order valence-electron chi connectivity index (χ2n) is 5.24. The van der Waals surface area contributed by atoms with E-state index in [9.17, 15) is 4.79 Å². The average Bonchev–Trinajstić information content (AvgIpc) is 2.29. The van der Waals surface area contributed by atoms with Gasteiger partial charge in [0.1, 0.15) is 5.78 Å². The number of hydrogen-bond acceptors (Lipinski definition) is 3. The summed E-state index contributed by atoms with van der Waals surface area (Å²) in [6.07, 6.45) is 8.43. The molecule has 0 aromatic heterocycles. The first-order chi connectivity index (χ1) is 8.24. The molecule has 0 aromatic carbocycles. The van der Waals surface area contributed by atoms with E-state index in [4.69, 9.17) is 0 Å². The largest absolute Gasteiger partial charge is 0.300 e. The fraction of sp³-hybridized carbons (Fsp3) is 0.786. The van der Waals surface area contributed by atoms with Gasteiger partial charge in [-0.15, -0.1) is 0 Å². The maximum atomic E-state index is 11.6. The highest BCUT2D eigenvalue weighted by atomic mass is 32.2. The van der Waals surface area contributed by atoms with Gasteiger partial charge in [-0.1, -0.05) is 13.0 Å². The predicted molar refractivity (Wildman–Crippen MR) is 74.5 cm³/mol. The van der Waals surface area contributed by atoms with Crippen LogP contribution in [0.1, 0.15) is 32.6 Å². The highest BCUT2D eigenvalue weighted by Gasteiger charge is 2.35. The van der Waals surface area contributed by atoms with Crippen molar-refractivity contribution in [1.82, 2.24) is 4.90 Å². The zero-order valence-electron chi connectivity index (χ0n) is 10.9. The van der Waals surface area contributed by atoms with Gasteiger partial charge < -0.3 is 0 Å². The van der Waals surface area contributed by atoms with Gasteiger partial charge in [-0.2, -0.15) is 11.8 Å². The molecule has 0 bridgehead atoms. The Balaban J connectivity index is 2.11. The molecule has 96 valence electrons. The van der Waals surface area contributed by atoms with Crippen LogP contribution in [0.4, 0.5) is 0 Å². The van der Waals surface area contributed by atoms with Crippen molar-refractivity contribution >= 4 is 17.5 Å². The Morgan fingerprint density at radius 2 is 2.35 bits per heavy atom. The lowest BCUT2D eigenvalue weighted by Crippen LogP contribution is -2.48. The van der Waals surface area contributed by atoms with Crippen molar-refractivity contribution in [3.8, 4) is 0 Å². The minimum absolute atomic E-state index is 0.462. The van der Waals surface area contributed by atoms with Gasteiger partial charge in [-0.3, -0.25) is 9.69 Å². The number of carbonyl (C=O) groups is 1. The molecule has 0 N–H and O–H groups in total. The van der Waals surface area contributed by atoms with Crippen LogP contribution in [-0.4, -0.2) is 41.8 Å². The third-order valence-electron chi connectivity index (χ3n) is 3.84. The highest BCUT2D eigenvalue weighted by molar-refractivity contribution is 7.98. The van der Waals surface area contributed by atoms with Gasteiger partial charge in [0.15, 0.2) is 0 Å². The molecule has 1 saturated carbocycles. The minimum Gasteiger partial charge on any atom is -0.300 e. The lowest BCUT2D eigenvalue weighted by atomic mass is 9.79. The third kappa shape index (κ3) is 3.14. The van der Waals surface area contributed by atoms with Crippen LogP contribution in [0.3, 0.4) is 0 Å². The summed E-state index contributed by atoms with van der Waals surface area (Å²) in [5.74, 6) is 2.08. The van der Waals surface area contributed by atoms with Gasteiger partial charge in [-0.05, 0) is 37.1 Å². The monoisotopic (exact) mass is 253 g/mol. The molecule has 0 unspecified atom stereocenters. The maximum absolute atomic E-state index is 11.6. The molecule has 1 aliphatic heterocycles. The molecule has 2 rings (SSSR count). The summed E-state index contributed by atoms with van der Waals surface area (Å²) >= 11 is 1.89. The van der Waals surface area contributed by atoms with E-state index >= 15 is 0 Å². The molecule has 2 aliphatic rings. The Hall–Kier alpha value is -0.280. The number of Topliss-reactive ketones (excluding diaryl/α,β-unsaturated/α-hetero) is 1.